The Morgan fingerprint density at radius 2 is 2.09 bits per heavy atom. The van der Waals surface area contributed by atoms with Crippen LogP contribution in [0.1, 0.15) is 18.4 Å². The van der Waals surface area contributed by atoms with Gasteiger partial charge in [0.05, 0.1) is 0 Å². The molecule has 0 aromatic heterocycles. The van der Waals surface area contributed by atoms with E-state index < -0.39 is 0 Å². The van der Waals surface area contributed by atoms with Gasteiger partial charge in [-0.25, -0.2) is 0 Å². The Bertz CT molecular complexity index is 758. The van der Waals surface area contributed by atoms with E-state index in [0.29, 0.717) is 0 Å². The van der Waals surface area contributed by atoms with E-state index in [2.05, 4.69) is 35.9 Å². The van der Waals surface area contributed by atoms with E-state index in [4.69, 9.17) is 11.6 Å². The van der Waals surface area contributed by atoms with E-state index in [-0.39, 0.29) is 0 Å². The van der Waals surface area contributed by atoms with Crippen molar-refractivity contribution in [3.8, 4) is 0 Å². The molecule has 0 saturated heterocycles. The second-order valence-electron chi connectivity index (χ2n) is 5.40. The molecular weight excluding hydrogens is 290 g/mol. The highest BCUT2D eigenvalue weighted by molar-refractivity contribution is 6.32. The fourth-order valence-corrected chi connectivity index (χ4v) is 3.09. The van der Waals surface area contributed by atoms with Crippen molar-refractivity contribution in [3.63, 3.8) is 0 Å². The van der Waals surface area contributed by atoms with Gasteiger partial charge in [0.25, 0.3) is 0 Å². The molecule has 0 spiro atoms. The first-order valence-corrected chi connectivity index (χ1v) is 7.79. The van der Waals surface area contributed by atoms with E-state index >= 15 is 0 Å². The zero-order valence-corrected chi connectivity index (χ0v) is 13.2. The van der Waals surface area contributed by atoms with Crippen molar-refractivity contribution < 1.29 is 0 Å². The van der Waals surface area contributed by atoms with Crippen LogP contribution < -0.4 is 0 Å². The number of halogens is 1. The highest BCUT2D eigenvalue weighted by Gasteiger charge is 2.22. The molecule has 1 aliphatic carbocycles. The fraction of sp³-hybridized carbons (Fsp3) is 0.150. The third kappa shape index (κ3) is 2.74. The van der Waals surface area contributed by atoms with E-state index in [1.54, 1.807) is 0 Å². The quantitative estimate of drug-likeness (QED) is 0.667. The first-order chi connectivity index (χ1) is 10.7. The molecule has 0 fully saturated rings. The summed E-state index contributed by atoms with van der Waals surface area (Å²) in [6, 6.07) is 7.85. The van der Waals surface area contributed by atoms with Crippen molar-refractivity contribution in [2.75, 3.05) is 6.54 Å². The van der Waals surface area contributed by atoms with Crippen LogP contribution in [0.4, 0.5) is 0 Å². The highest BCUT2D eigenvalue weighted by atomic mass is 35.5. The number of allylic oxidation sites excluding steroid dienone is 5. The van der Waals surface area contributed by atoms with Crippen molar-refractivity contribution in [1.29, 1.82) is 0 Å². The van der Waals surface area contributed by atoms with Crippen LogP contribution in [0.3, 0.4) is 0 Å². The van der Waals surface area contributed by atoms with E-state index in [1.807, 2.05) is 36.4 Å². The Morgan fingerprint density at radius 3 is 2.86 bits per heavy atom. The maximum absolute atomic E-state index is 6.34. The van der Waals surface area contributed by atoms with Crippen molar-refractivity contribution in [1.82, 2.24) is 4.90 Å². The van der Waals surface area contributed by atoms with Gasteiger partial charge in [-0.2, -0.15) is 0 Å². The number of rotatable bonds is 3. The molecule has 0 unspecified atom stereocenters. The van der Waals surface area contributed by atoms with Crippen LogP contribution in [0.5, 0.6) is 0 Å². The van der Waals surface area contributed by atoms with E-state index in [0.717, 1.165) is 41.2 Å². The lowest BCUT2D eigenvalue weighted by Gasteiger charge is -2.33. The first kappa shape index (κ1) is 14.7. The largest absolute Gasteiger partial charge is 0.341 e. The lowest BCUT2D eigenvalue weighted by atomic mass is 9.99. The lowest BCUT2D eigenvalue weighted by Crippen LogP contribution is -2.26. The number of hydrogen-bond acceptors (Lipinski definition) is 1. The summed E-state index contributed by atoms with van der Waals surface area (Å²) in [6.07, 6.45) is 10.2. The standard InChI is InChI=1S/C20H18ClN/c1-3-16-8-6-9-17-10-7-13-22(20(17)14-16)15(2)18-11-4-5-12-19(18)21/h3-5,8-9,11-12,14H,1-2,7,10,13H2. The minimum atomic E-state index is 0.732. The summed E-state index contributed by atoms with van der Waals surface area (Å²) in [7, 11) is 0. The van der Waals surface area contributed by atoms with Crippen molar-refractivity contribution in [2.24, 2.45) is 0 Å². The average Bonchev–Trinajstić information content (AvgIpc) is 2.76. The molecule has 3 rings (SSSR count). The summed E-state index contributed by atoms with van der Waals surface area (Å²) in [5.74, 6) is 0. The molecule has 0 radical (unpaired) electrons. The van der Waals surface area contributed by atoms with Gasteiger partial charge in [0.1, 0.15) is 0 Å². The van der Waals surface area contributed by atoms with Crippen LogP contribution in [0.15, 0.2) is 84.3 Å². The Morgan fingerprint density at radius 1 is 1.27 bits per heavy atom. The van der Waals surface area contributed by atoms with Gasteiger partial charge in [0, 0.05) is 28.5 Å². The van der Waals surface area contributed by atoms with Gasteiger partial charge >= 0.3 is 0 Å². The summed E-state index contributed by atoms with van der Waals surface area (Å²) in [6.45, 7) is 9.10. The lowest BCUT2D eigenvalue weighted by molar-refractivity contribution is 0.455. The Hall–Kier alpha value is -2.21. The second kappa shape index (κ2) is 6.27. The topological polar surface area (TPSA) is 3.24 Å². The molecule has 1 aromatic carbocycles. The summed E-state index contributed by atoms with van der Waals surface area (Å²) in [5.41, 5.74) is 8.66. The fourth-order valence-electron chi connectivity index (χ4n) is 2.84. The van der Waals surface area contributed by atoms with Gasteiger partial charge in [-0.05, 0) is 48.3 Å². The monoisotopic (exact) mass is 307 g/mol. The molecule has 0 atom stereocenters. The maximum Gasteiger partial charge on any atom is 0.0499 e. The molecular formula is C20H18ClN. The van der Waals surface area contributed by atoms with Crippen molar-refractivity contribution in [3.05, 3.63) is 94.9 Å². The molecule has 2 aliphatic rings. The molecule has 1 aromatic rings. The Balaban J connectivity index is 2.04. The van der Waals surface area contributed by atoms with Crippen LogP contribution in [-0.4, -0.2) is 11.4 Å². The van der Waals surface area contributed by atoms with Gasteiger partial charge < -0.3 is 4.90 Å². The van der Waals surface area contributed by atoms with Crippen LogP contribution in [-0.2, 0) is 0 Å². The second-order valence-corrected chi connectivity index (χ2v) is 5.80. The minimum absolute atomic E-state index is 0.732. The van der Waals surface area contributed by atoms with Crippen LogP contribution in [0.2, 0.25) is 5.02 Å². The highest BCUT2D eigenvalue weighted by Crippen LogP contribution is 2.34. The Kier molecular flexibility index (Phi) is 4.20. The normalized spacial score (nSPS) is 17.0. The van der Waals surface area contributed by atoms with Gasteiger partial charge in [-0.3, -0.25) is 0 Å². The molecule has 0 amide bonds. The first-order valence-electron chi connectivity index (χ1n) is 7.42. The molecule has 2 heteroatoms. The molecule has 22 heavy (non-hydrogen) atoms. The molecule has 0 N–H and O–H groups in total. The van der Waals surface area contributed by atoms with Crippen LogP contribution in [0.25, 0.3) is 5.70 Å². The van der Waals surface area contributed by atoms with Crippen molar-refractivity contribution >= 4 is 17.3 Å². The average molecular weight is 308 g/mol. The summed E-state index contributed by atoms with van der Waals surface area (Å²) in [5, 5.41) is 0.732. The predicted molar refractivity (Wildman–Crippen MR) is 94.4 cm³/mol. The summed E-state index contributed by atoms with van der Waals surface area (Å²) in [4.78, 5) is 2.25. The van der Waals surface area contributed by atoms with Crippen LogP contribution >= 0.6 is 11.6 Å². The van der Waals surface area contributed by atoms with Gasteiger partial charge in [0.15, 0.2) is 0 Å². The summed E-state index contributed by atoms with van der Waals surface area (Å²) < 4.78 is 0. The molecule has 110 valence electrons. The zero-order valence-electron chi connectivity index (χ0n) is 12.5. The molecule has 0 bridgehead atoms. The number of nitrogens with zero attached hydrogens (tertiary/aromatic N) is 1. The molecule has 1 heterocycles. The number of benzene rings is 1. The smallest absolute Gasteiger partial charge is 0.0499 e. The van der Waals surface area contributed by atoms with Gasteiger partial charge in [0.2, 0.25) is 0 Å². The summed E-state index contributed by atoms with van der Waals surface area (Å²) >= 11 is 6.34. The zero-order chi connectivity index (χ0) is 15.5. The SMILES string of the molecule is C=CC1=CC2=C(C=C=C1)CCCN2C(=C)c1ccccc1Cl. The third-order valence-electron chi connectivity index (χ3n) is 4.00. The third-order valence-corrected chi connectivity index (χ3v) is 4.33. The van der Waals surface area contributed by atoms with Crippen molar-refractivity contribution in [2.45, 2.75) is 12.8 Å². The predicted octanol–water partition coefficient (Wildman–Crippen LogP) is 5.50. The number of hydrogen-bond donors (Lipinski definition) is 0. The van der Waals surface area contributed by atoms with E-state index in [9.17, 15) is 0 Å². The minimum Gasteiger partial charge on any atom is -0.341 e. The Labute approximate surface area is 136 Å². The van der Waals surface area contributed by atoms with Gasteiger partial charge in [-0.15, -0.1) is 5.73 Å². The van der Waals surface area contributed by atoms with Crippen LogP contribution in [0, 0.1) is 0 Å². The maximum atomic E-state index is 6.34. The molecule has 1 nitrogen and oxygen atoms in total. The van der Waals surface area contributed by atoms with E-state index in [1.165, 1.54) is 11.3 Å². The molecule has 1 aliphatic heterocycles. The molecule has 0 saturated carbocycles. The van der Waals surface area contributed by atoms with Gasteiger partial charge in [-0.1, -0.05) is 49.0 Å².